The summed E-state index contributed by atoms with van der Waals surface area (Å²) >= 11 is 11.8. The minimum absolute atomic E-state index is 0. The molecule has 0 aromatic heterocycles. The lowest BCUT2D eigenvalue weighted by Gasteiger charge is -2.28. The molecule has 2 saturated heterocycles. The van der Waals surface area contributed by atoms with Crippen LogP contribution in [0.25, 0.3) is 0 Å². The van der Waals surface area contributed by atoms with E-state index < -0.39 is 0 Å². The van der Waals surface area contributed by atoms with E-state index in [2.05, 4.69) is 10.6 Å². The number of carbonyl (C=O) groups is 2. The zero-order valence-corrected chi connectivity index (χ0v) is 15.4. The third-order valence-corrected chi connectivity index (χ3v) is 5.26. The van der Waals surface area contributed by atoms with E-state index in [1.165, 1.54) is 6.07 Å². The molecule has 3 rings (SSSR count). The third-order valence-electron chi connectivity index (χ3n) is 4.52. The molecule has 2 N–H and O–H groups in total. The average Bonchev–Trinajstić information content (AvgIpc) is 2.80. The lowest BCUT2D eigenvalue weighted by atomic mass is 10.1. The molecule has 0 spiro atoms. The predicted molar refractivity (Wildman–Crippen MR) is 97.2 cm³/mol. The van der Waals surface area contributed by atoms with Gasteiger partial charge >= 0.3 is 0 Å². The van der Waals surface area contributed by atoms with Crippen molar-refractivity contribution in [2.24, 2.45) is 0 Å². The Morgan fingerprint density at radius 3 is 2.67 bits per heavy atom. The van der Waals surface area contributed by atoms with Crippen LogP contribution < -0.4 is 10.6 Å². The second kappa shape index (κ2) is 8.39. The van der Waals surface area contributed by atoms with Crippen molar-refractivity contribution in [1.82, 2.24) is 15.5 Å². The Kier molecular flexibility index (Phi) is 6.75. The SMILES string of the molecule is Cl.O=C(NCC(=O)N1C2CCNCC1CC2)c1ccc(Cl)c(Cl)c1. The second-order valence-corrected chi connectivity index (χ2v) is 6.80. The van der Waals surface area contributed by atoms with Gasteiger partial charge in [-0.3, -0.25) is 9.59 Å². The molecule has 2 heterocycles. The number of nitrogens with zero attached hydrogens (tertiary/aromatic N) is 1. The van der Waals surface area contributed by atoms with Crippen LogP contribution in [0.4, 0.5) is 0 Å². The molecular weight excluding hydrogens is 373 g/mol. The molecule has 2 fully saturated rings. The van der Waals surface area contributed by atoms with Gasteiger partial charge in [0.1, 0.15) is 0 Å². The van der Waals surface area contributed by atoms with Crippen molar-refractivity contribution in [3.8, 4) is 0 Å². The fourth-order valence-corrected chi connectivity index (χ4v) is 3.67. The summed E-state index contributed by atoms with van der Waals surface area (Å²) < 4.78 is 0. The van der Waals surface area contributed by atoms with Crippen LogP contribution in [0.2, 0.25) is 10.0 Å². The first-order valence-electron chi connectivity index (χ1n) is 7.81. The van der Waals surface area contributed by atoms with Gasteiger partial charge in [-0.15, -0.1) is 12.4 Å². The van der Waals surface area contributed by atoms with Gasteiger partial charge in [-0.05, 0) is 44.0 Å². The number of halogens is 3. The van der Waals surface area contributed by atoms with Crippen LogP contribution in [0.3, 0.4) is 0 Å². The molecule has 0 aliphatic carbocycles. The summed E-state index contributed by atoms with van der Waals surface area (Å²) in [6.07, 6.45) is 3.06. The Bertz CT molecular complexity index is 613. The van der Waals surface area contributed by atoms with E-state index in [1.807, 2.05) is 4.90 Å². The van der Waals surface area contributed by atoms with Gasteiger partial charge in [0.15, 0.2) is 0 Å². The monoisotopic (exact) mass is 391 g/mol. The highest BCUT2D eigenvalue weighted by atomic mass is 35.5. The lowest BCUT2D eigenvalue weighted by molar-refractivity contribution is -0.132. The quantitative estimate of drug-likeness (QED) is 0.831. The van der Waals surface area contributed by atoms with Gasteiger partial charge < -0.3 is 15.5 Å². The first kappa shape index (κ1) is 19.3. The first-order valence-corrected chi connectivity index (χ1v) is 8.57. The predicted octanol–water partition coefficient (Wildman–Crippen LogP) is 2.50. The highest BCUT2D eigenvalue weighted by Crippen LogP contribution is 2.27. The van der Waals surface area contributed by atoms with Crippen LogP contribution in [0, 0.1) is 0 Å². The molecule has 2 atom stereocenters. The summed E-state index contributed by atoms with van der Waals surface area (Å²) in [6.45, 7) is 1.79. The largest absolute Gasteiger partial charge is 0.343 e. The zero-order valence-electron chi connectivity index (χ0n) is 13.1. The topological polar surface area (TPSA) is 61.4 Å². The molecule has 2 unspecified atom stereocenters. The van der Waals surface area contributed by atoms with Gasteiger partial charge in [0, 0.05) is 24.2 Å². The number of carbonyl (C=O) groups excluding carboxylic acids is 2. The number of rotatable bonds is 3. The minimum Gasteiger partial charge on any atom is -0.343 e. The van der Waals surface area contributed by atoms with Gasteiger partial charge in [0.2, 0.25) is 5.91 Å². The van der Waals surface area contributed by atoms with Crippen molar-refractivity contribution < 1.29 is 9.59 Å². The molecule has 2 aliphatic heterocycles. The van der Waals surface area contributed by atoms with Gasteiger partial charge in [-0.25, -0.2) is 0 Å². The van der Waals surface area contributed by atoms with Crippen molar-refractivity contribution in [2.75, 3.05) is 19.6 Å². The summed E-state index contributed by atoms with van der Waals surface area (Å²) in [6, 6.07) is 5.21. The highest BCUT2D eigenvalue weighted by Gasteiger charge is 2.37. The second-order valence-electron chi connectivity index (χ2n) is 5.99. The van der Waals surface area contributed by atoms with E-state index in [4.69, 9.17) is 23.2 Å². The molecule has 1 aromatic carbocycles. The van der Waals surface area contributed by atoms with Crippen LogP contribution in [0.5, 0.6) is 0 Å². The van der Waals surface area contributed by atoms with E-state index in [1.54, 1.807) is 12.1 Å². The number of hydrogen-bond acceptors (Lipinski definition) is 3. The molecule has 2 aliphatic rings. The summed E-state index contributed by atoms with van der Waals surface area (Å²) in [5.41, 5.74) is 0.396. The zero-order chi connectivity index (χ0) is 16.4. The van der Waals surface area contributed by atoms with E-state index in [0.717, 1.165) is 32.4 Å². The molecule has 8 heteroatoms. The molecule has 0 saturated carbocycles. The summed E-state index contributed by atoms with van der Waals surface area (Å²) in [7, 11) is 0. The first-order chi connectivity index (χ1) is 11.1. The molecular formula is C16H20Cl3N3O2. The standard InChI is InChI=1S/C16H19Cl2N3O2.ClH/c17-13-4-1-10(7-14(13)18)16(23)20-9-15(22)21-11-2-3-12(21)8-19-6-5-11;/h1,4,7,11-12,19H,2-3,5-6,8-9H2,(H,20,23);1H. The highest BCUT2D eigenvalue weighted by molar-refractivity contribution is 6.42. The number of fused-ring (bicyclic) bond motifs is 2. The van der Waals surface area contributed by atoms with Gasteiger partial charge in [-0.2, -0.15) is 0 Å². The Balaban J connectivity index is 0.00000208. The summed E-state index contributed by atoms with van der Waals surface area (Å²) in [4.78, 5) is 26.6. The maximum Gasteiger partial charge on any atom is 0.251 e. The molecule has 24 heavy (non-hydrogen) atoms. The van der Waals surface area contributed by atoms with Crippen LogP contribution >= 0.6 is 35.6 Å². The average molecular weight is 393 g/mol. The summed E-state index contributed by atoms with van der Waals surface area (Å²) in [5.74, 6) is -0.341. The van der Waals surface area contributed by atoms with Crippen LogP contribution in [-0.2, 0) is 4.79 Å². The number of hydrogen-bond donors (Lipinski definition) is 2. The van der Waals surface area contributed by atoms with Gasteiger partial charge in [-0.1, -0.05) is 23.2 Å². The van der Waals surface area contributed by atoms with E-state index in [0.29, 0.717) is 21.7 Å². The maximum absolute atomic E-state index is 12.5. The molecule has 132 valence electrons. The molecule has 5 nitrogen and oxygen atoms in total. The fourth-order valence-electron chi connectivity index (χ4n) is 3.38. The van der Waals surface area contributed by atoms with E-state index in [9.17, 15) is 9.59 Å². The maximum atomic E-state index is 12.5. The van der Waals surface area contributed by atoms with Crippen LogP contribution in [-0.4, -0.2) is 48.4 Å². The van der Waals surface area contributed by atoms with E-state index in [-0.39, 0.29) is 36.8 Å². The molecule has 0 radical (unpaired) electrons. The number of amides is 2. The smallest absolute Gasteiger partial charge is 0.251 e. The Morgan fingerprint density at radius 1 is 1.17 bits per heavy atom. The normalized spacial score (nSPS) is 22.5. The Hall–Kier alpha value is -1.01. The fraction of sp³-hybridized carbons (Fsp3) is 0.500. The van der Waals surface area contributed by atoms with Crippen molar-refractivity contribution >= 4 is 47.4 Å². The lowest BCUT2D eigenvalue weighted by Crippen LogP contribution is -2.47. The third kappa shape index (κ3) is 4.14. The van der Waals surface area contributed by atoms with Crippen molar-refractivity contribution in [1.29, 1.82) is 0 Å². The number of nitrogens with one attached hydrogen (secondary N) is 2. The van der Waals surface area contributed by atoms with Crippen molar-refractivity contribution in [2.45, 2.75) is 31.3 Å². The van der Waals surface area contributed by atoms with Crippen molar-refractivity contribution in [3.63, 3.8) is 0 Å². The van der Waals surface area contributed by atoms with Crippen LogP contribution in [0.1, 0.15) is 29.6 Å². The molecule has 2 bridgehead atoms. The van der Waals surface area contributed by atoms with Gasteiger partial charge in [0.05, 0.1) is 16.6 Å². The molecule has 1 aromatic rings. The van der Waals surface area contributed by atoms with Crippen LogP contribution in [0.15, 0.2) is 18.2 Å². The Labute approximate surface area is 157 Å². The minimum atomic E-state index is -0.322. The Morgan fingerprint density at radius 2 is 1.92 bits per heavy atom. The van der Waals surface area contributed by atoms with Crippen molar-refractivity contribution in [3.05, 3.63) is 33.8 Å². The van der Waals surface area contributed by atoms with Gasteiger partial charge in [0.25, 0.3) is 5.91 Å². The van der Waals surface area contributed by atoms with E-state index >= 15 is 0 Å². The summed E-state index contributed by atoms with van der Waals surface area (Å²) in [5, 5.41) is 6.75. The number of benzene rings is 1. The molecule has 2 amide bonds.